The van der Waals surface area contributed by atoms with Crippen molar-refractivity contribution in [1.29, 1.82) is 0 Å². The van der Waals surface area contributed by atoms with E-state index in [0.29, 0.717) is 16.6 Å². The fourth-order valence-electron chi connectivity index (χ4n) is 2.93. The van der Waals surface area contributed by atoms with Crippen molar-refractivity contribution in [1.82, 2.24) is 24.7 Å². The maximum atomic E-state index is 14.2. The molecule has 30 heavy (non-hydrogen) atoms. The number of nitrogen functional groups attached to an aromatic ring is 2. The Morgan fingerprint density at radius 3 is 2.73 bits per heavy atom. The van der Waals surface area contributed by atoms with Crippen LogP contribution in [-0.2, 0) is 11.3 Å². The molecule has 3 heterocycles. The number of halogens is 1. The molecule has 3 aromatic heterocycles. The van der Waals surface area contributed by atoms with Crippen molar-refractivity contribution in [3.05, 3.63) is 54.0 Å². The van der Waals surface area contributed by atoms with Gasteiger partial charge in [0, 0.05) is 11.8 Å². The van der Waals surface area contributed by atoms with Crippen LogP contribution < -0.4 is 16.8 Å². The largest absolute Gasteiger partial charge is 0.453 e. The van der Waals surface area contributed by atoms with Crippen molar-refractivity contribution >= 4 is 34.4 Å². The number of anilines is 3. The van der Waals surface area contributed by atoms with Gasteiger partial charge in [-0.15, -0.1) is 0 Å². The van der Waals surface area contributed by atoms with E-state index in [0.717, 1.165) is 0 Å². The Balaban J connectivity index is 1.72. The van der Waals surface area contributed by atoms with Crippen LogP contribution in [0.2, 0.25) is 0 Å². The number of hydrogen-bond acceptors (Lipinski definition) is 8. The van der Waals surface area contributed by atoms with Crippen LogP contribution in [0, 0.1) is 5.82 Å². The van der Waals surface area contributed by atoms with Gasteiger partial charge in [-0.05, 0) is 18.2 Å². The molecule has 5 N–H and O–H groups in total. The number of aromatic nitrogens is 5. The molecule has 0 aliphatic carbocycles. The zero-order chi connectivity index (χ0) is 23.8. The molecule has 0 saturated heterocycles. The standard InChI is InChI=1S/C19H17FN8O2/c1-30-19(29)24-14-15(21)25-17(26-16(14)22)13-11-6-4-8-23-18(11)28(27-13)9-10-5-2-3-7-12(10)20/h2-8H,9H2,1H3,(H,24,29)(H4,21,22,25,26)/i1+1D3. The molecular formula is C19H17FN8O2. The van der Waals surface area contributed by atoms with Crippen LogP contribution in [0.4, 0.5) is 26.5 Å². The zero-order valence-corrected chi connectivity index (χ0v) is 15.3. The lowest BCUT2D eigenvalue weighted by Crippen LogP contribution is -2.16. The number of pyridine rings is 1. The lowest BCUT2D eigenvalue weighted by Gasteiger charge is -2.10. The minimum atomic E-state index is -2.95. The summed E-state index contributed by atoms with van der Waals surface area (Å²) in [5, 5.41) is 7.17. The molecule has 0 atom stereocenters. The monoisotopic (exact) mass is 412 g/mol. The SMILES string of the molecule is [2H][13C]([2H])([2H])OC(=O)Nc1c(N)nc(-c2nn(Cc3ccccc3F)c3ncccc23)nc1N. The number of carbonyl (C=O) groups excluding carboxylic acids is 1. The zero-order valence-electron chi connectivity index (χ0n) is 18.3. The van der Waals surface area contributed by atoms with Crippen molar-refractivity contribution in [2.24, 2.45) is 0 Å². The summed E-state index contributed by atoms with van der Waals surface area (Å²) in [5.41, 5.74) is 12.8. The van der Waals surface area contributed by atoms with Gasteiger partial charge in [0.2, 0.25) is 0 Å². The van der Waals surface area contributed by atoms with Crippen molar-refractivity contribution in [2.45, 2.75) is 6.54 Å². The molecular weight excluding hydrogens is 392 g/mol. The number of ether oxygens (including phenoxy) is 1. The van der Waals surface area contributed by atoms with Crippen molar-refractivity contribution in [3.63, 3.8) is 0 Å². The summed E-state index contributed by atoms with van der Waals surface area (Å²) in [6.45, 7) is 0.103. The van der Waals surface area contributed by atoms with E-state index in [1.807, 2.05) is 0 Å². The first-order chi connectivity index (χ1) is 15.6. The molecule has 0 unspecified atom stereocenters. The number of nitrogens with zero attached hydrogens (tertiary/aromatic N) is 5. The fourth-order valence-corrected chi connectivity index (χ4v) is 2.93. The lowest BCUT2D eigenvalue weighted by molar-refractivity contribution is 0.187. The summed E-state index contributed by atoms with van der Waals surface area (Å²) in [5.74, 6) is -0.825. The van der Waals surface area contributed by atoms with E-state index in [9.17, 15) is 9.18 Å². The minimum Gasteiger partial charge on any atom is -0.453 e. The first-order valence-electron chi connectivity index (χ1n) is 10.1. The Morgan fingerprint density at radius 1 is 1.23 bits per heavy atom. The molecule has 10 nitrogen and oxygen atoms in total. The van der Waals surface area contributed by atoms with Gasteiger partial charge in [0.1, 0.15) is 17.2 Å². The summed E-state index contributed by atoms with van der Waals surface area (Å²) >= 11 is 0. The van der Waals surface area contributed by atoms with E-state index in [2.05, 4.69) is 30.1 Å². The Morgan fingerprint density at radius 2 is 2.00 bits per heavy atom. The maximum Gasteiger partial charge on any atom is 0.411 e. The highest BCUT2D eigenvalue weighted by Crippen LogP contribution is 2.30. The third-order valence-corrected chi connectivity index (χ3v) is 4.28. The number of methoxy groups -OCH3 is 1. The normalized spacial score (nSPS) is 12.8. The highest BCUT2D eigenvalue weighted by molar-refractivity contribution is 5.94. The number of rotatable bonds is 4. The summed E-state index contributed by atoms with van der Waals surface area (Å²) in [6, 6.07) is 9.71. The highest BCUT2D eigenvalue weighted by atomic mass is 19.1. The van der Waals surface area contributed by atoms with Gasteiger partial charge in [0.25, 0.3) is 0 Å². The first kappa shape index (κ1) is 15.6. The number of hydrogen-bond donors (Lipinski definition) is 3. The Bertz CT molecular complexity index is 1340. The number of fused-ring (bicyclic) bond motifs is 1. The second kappa shape index (κ2) is 7.62. The Kier molecular flexibility index (Phi) is 3.97. The number of carbonyl (C=O) groups is 1. The molecule has 1 aromatic carbocycles. The Hall–Kier alpha value is -4.28. The second-order valence-electron chi connectivity index (χ2n) is 6.18. The molecule has 0 saturated carbocycles. The molecule has 4 rings (SSSR count). The molecule has 11 heteroatoms. The highest BCUT2D eigenvalue weighted by Gasteiger charge is 2.20. The maximum absolute atomic E-state index is 14.2. The van der Waals surface area contributed by atoms with Crippen LogP contribution in [0.15, 0.2) is 42.6 Å². The first-order valence-corrected chi connectivity index (χ1v) is 8.60. The van der Waals surface area contributed by atoms with Gasteiger partial charge in [-0.3, -0.25) is 5.32 Å². The summed E-state index contributed by atoms with van der Waals surface area (Å²) in [7, 11) is -2.95. The third-order valence-electron chi connectivity index (χ3n) is 4.28. The topological polar surface area (TPSA) is 147 Å². The smallest absolute Gasteiger partial charge is 0.411 e. The number of nitrogens with one attached hydrogen (secondary N) is 1. The molecule has 0 radical (unpaired) electrons. The van der Waals surface area contributed by atoms with E-state index < -0.39 is 13.1 Å². The van der Waals surface area contributed by atoms with Crippen LogP contribution >= 0.6 is 0 Å². The van der Waals surface area contributed by atoms with Crippen molar-refractivity contribution in [2.75, 3.05) is 23.8 Å². The van der Waals surface area contributed by atoms with Crippen LogP contribution in [0.1, 0.15) is 9.68 Å². The van der Waals surface area contributed by atoms with Gasteiger partial charge >= 0.3 is 6.09 Å². The van der Waals surface area contributed by atoms with E-state index in [-0.39, 0.29) is 41.2 Å². The number of amides is 1. The Labute approximate surface area is 173 Å². The van der Waals surface area contributed by atoms with E-state index in [4.69, 9.17) is 15.6 Å². The minimum absolute atomic E-state index is 0.0324. The lowest BCUT2D eigenvalue weighted by atomic mass is 10.2. The molecule has 0 fully saturated rings. The number of benzene rings is 1. The van der Waals surface area contributed by atoms with Gasteiger partial charge in [0.15, 0.2) is 23.1 Å². The van der Waals surface area contributed by atoms with Crippen LogP contribution in [0.5, 0.6) is 0 Å². The molecule has 152 valence electrons. The third kappa shape index (κ3) is 3.43. The van der Waals surface area contributed by atoms with Gasteiger partial charge in [-0.1, -0.05) is 18.2 Å². The number of nitrogens with two attached hydrogens (primary N) is 2. The molecule has 0 aliphatic rings. The van der Waals surface area contributed by atoms with E-state index in [1.165, 1.54) is 10.7 Å². The molecule has 1 amide bonds. The van der Waals surface area contributed by atoms with Gasteiger partial charge in [0.05, 0.1) is 23.1 Å². The summed E-state index contributed by atoms with van der Waals surface area (Å²) < 4.78 is 40.8. The van der Waals surface area contributed by atoms with Gasteiger partial charge in [-0.2, -0.15) is 5.10 Å². The average Bonchev–Trinajstić information content (AvgIpc) is 3.10. The summed E-state index contributed by atoms with van der Waals surface area (Å²) in [4.78, 5) is 24.4. The van der Waals surface area contributed by atoms with E-state index in [1.54, 1.807) is 36.5 Å². The quantitative estimate of drug-likeness (QED) is 0.433. The van der Waals surface area contributed by atoms with Crippen LogP contribution in [0.3, 0.4) is 0 Å². The van der Waals surface area contributed by atoms with Crippen molar-refractivity contribution < 1.29 is 18.0 Å². The van der Waals surface area contributed by atoms with E-state index >= 15 is 0 Å². The molecule has 0 aliphatic heterocycles. The summed E-state index contributed by atoms with van der Waals surface area (Å²) in [6.07, 6.45) is 0.271. The van der Waals surface area contributed by atoms with Gasteiger partial charge < -0.3 is 16.2 Å². The van der Waals surface area contributed by atoms with Crippen LogP contribution in [-0.4, -0.2) is 37.9 Å². The fraction of sp³-hybridized carbons (Fsp3) is 0.105. The van der Waals surface area contributed by atoms with Gasteiger partial charge in [-0.25, -0.2) is 28.8 Å². The second-order valence-corrected chi connectivity index (χ2v) is 6.18. The average molecular weight is 412 g/mol. The molecule has 4 aromatic rings. The van der Waals surface area contributed by atoms with Crippen molar-refractivity contribution in [3.8, 4) is 11.5 Å². The molecule has 0 spiro atoms. The predicted molar refractivity (Wildman–Crippen MR) is 109 cm³/mol. The predicted octanol–water partition coefficient (Wildman–Crippen LogP) is 2.42. The molecule has 0 bridgehead atoms. The van der Waals surface area contributed by atoms with Crippen LogP contribution in [0.25, 0.3) is 22.6 Å².